The zero-order valence-electron chi connectivity index (χ0n) is 13.4. The molecule has 3 rings (SSSR count). The van der Waals surface area contributed by atoms with E-state index < -0.39 is 0 Å². The van der Waals surface area contributed by atoms with Gasteiger partial charge in [-0.25, -0.2) is 9.78 Å². The first-order valence-electron chi connectivity index (χ1n) is 7.64. The Bertz CT molecular complexity index is 679. The van der Waals surface area contributed by atoms with Gasteiger partial charge in [0.1, 0.15) is 13.4 Å². The third-order valence-corrected chi connectivity index (χ3v) is 4.13. The normalized spacial score (nSPS) is 15.4. The lowest BCUT2D eigenvalue weighted by molar-refractivity contribution is -0.885. The number of hydrogen-bond donors (Lipinski definition) is 0. The Balaban J connectivity index is 1.76. The van der Waals surface area contributed by atoms with Crippen LogP contribution in [0.1, 0.15) is 12.8 Å². The predicted molar refractivity (Wildman–Crippen MR) is 82.8 cm³/mol. The van der Waals surface area contributed by atoms with Crippen molar-refractivity contribution in [3.8, 4) is 11.3 Å². The first-order valence-corrected chi connectivity index (χ1v) is 7.64. The highest BCUT2D eigenvalue weighted by Crippen LogP contribution is 2.17. The van der Waals surface area contributed by atoms with E-state index in [0.717, 1.165) is 24.1 Å². The molecule has 7 nitrogen and oxygen atoms in total. The predicted octanol–water partition coefficient (Wildman–Crippen LogP) is 0.975. The van der Waals surface area contributed by atoms with Crippen LogP contribution in [-0.4, -0.2) is 53.9 Å². The summed E-state index contributed by atoms with van der Waals surface area (Å²) in [5, 5.41) is 0. The molecule has 2 aromatic rings. The lowest BCUT2D eigenvalue weighted by atomic mass is 10.1. The highest BCUT2D eigenvalue weighted by molar-refractivity contribution is 5.78. The van der Waals surface area contributed by atoms with E-state index in [1.807, 2.05) is 25.4 Å². The van der Waals surface area contributed by atoms with Gasteiger partial charge in [0.25, 0.3) is 0 Å². The van der Waals surface area contributed by atoms with Crippen LogP contribution in [0.5, 0.6) is 0 Å². The standard InChI is InChI=1S/C16H21N4O3/c1-18(14-5-8-23-9-6-14)16(21)19-11-15(17-12-19)13-4-3-7-20(10-13)22-2/h3-4,7,10-12,14H,5-6,8-9H2,1-2H3/q+1. The quantitative estimate of drug-likeness (QED) is 0.792. The second-order valence-corrected chi connectivity index (χ2v) is 5.54. The van der Waals surface area contributed by atoms with Crippen LogP contribution in [-0.2, 0) is 4.74 Å². The average molecular weight is 317 g/mol. The molecule has 1 fully saturated rings. The smallest absolute Gasteiger partial charge is 0.329 e. The fraction of sp³-hybridized carbons (Fsp3) is 0.438. The van der Waals surface area contributed by atoms with Crippen molar-refractivity contribution >= 4 is 6.03 Å². The molecule has 0 spiro atoms. The summed E-state index contributed by atoms with van der Waals surface area (Å²) in [7, 11) is 3.42. The fourth-order valence-corrected chi connectivity index (χ4v) is 2.71. The minimum Gasteiger partial charge on any atom is -0.381 e. The Labute approximate surface area is 135 Å². The second-order valence-electron chi connectivity index (χ2n) is 5.54. The molecule has 0 N–H and O–H groups in total. The van der Waals surface area contributed by atoms with Crippen molar-refractivity contribution in [1.29, 1.82) is 0 Å². The van der Waals surface area contributed by atoms with Gasteiger partial charge in [0.2, 0.25) is 12.4 Å². The molecule has 2 aromatic heterocycles. The minimum atomic E-state index is -0.0776. The Morgan fingerprint density at radius 2 is 2.26 bits per heavy atom. The molecule has 3 heterocycles. The number of imidazole rings is 1. The van der Waals surface area contributed by atoms with Gasteiger partial charge in [0.05, 0.1) is 11.3 Å². The second kappa shape index (κ2) is 6.78. The van der Waals surface area contributed by atoms with Crippen molar-refractivity contribution in [2.24, 2.45) is 0 Å². The molecule has 7 heteroatoms. The molecule has 23 heavy (non-hydrogen) atoms. The van der Waals surface area contributed by atoms with E-state index in [0.29, 0.717) is 13.2 Å². The molecule has 0 atom stereocenters. The Morgan fingerprint density at radius 1 is 1.48 bits per heavy atom. The Kier molecular flexibility index (Phi) is 4.57. The summed E-state index contributed by atoms with van der Waals surface area (Å²) >= 11 is 0. The number of carbonyl (C=O) groups is 1. The van der Waals surface area contributed by atoms with Crippen molar-refractivity contribution in [1.82, 2.24) is 14.5 Å². The maximum atomic E-state index is 12.6. The number of rotatable bonds is 3. The monoisotopic (exact) mass is 317 g/mol. The van der Waals surface area contributed by atoms with Crippen LogP contribution in [0.25, 0.3) is 11.3 Å². The van der Waals surface area contributed by atoms with Crippen LogP contribution < -0.4 is 9.57 Å². The summed E-state index contributed by atoms with van der Waals surface area (Å²) < 4.78 is 8.46. The van der Waals surface area contributed by atoms with Crippen molar-refractivity contribution in [3.05, 3.63) is 37.1 Å². The van der Waals surface area contributed by atoms with E-state index in [4.69, 9.17) is 9.57 Å². The molecular formula is C16H21N4O3+. The van der Waals surface area contributed by atoms with E-state index in [1.54, 1.807) is 35.5 Å². The van der Waals surface area contributed by atoms with E-state index in [-0.39, 0.29) is 12.1 Å². The molecule has 122 valence electrons. The van der Waals surface area contributed by atoms with Gasteiger partial charge in [-0.3, -0.25) is 9.40 Å². The molecule has 1 aliphatic rings. The highest BCUT2D eigenvalue weighted by atomic mass is 16.6. The fourth-order valence-electron chi connectivity index (χ4n) is 2.71. The van der Waals surface area contributed by atoms with Gasteiger partial charge >= 0.3 is 6.03 Å². The number of carbonyl (C=O) groups excluding carboxylic acids is 1. The molecular weight excluding hydrogens is 296 g/mol. The minimum absolute atomic E-state index is 0.0776. The van der Waals surface area contributed by atoms with Crippen molar-refractivity contribution in [3.63, 3.8) is 0 Å². The topological polar surface area (TPSA) is 60.5 Å². The molecule has 0 radical (unpaired) electrons. The zero-order chi connectivity index (χ0) is 16.2. The van der Waals surface area contributed by atoms with Crippen LogP contribution in [0.2, 0.25) is 0 Å². The van der Waals surface area contributed by atoms with Gasteiger partial charge in [-0.2, -0.15) is 0 Å². The maximum absolute atomic E-state index is 12.6. The number of ether oxygens (including phenoxy) is 1. The first kappa shape index (κ1) is 15.5. The Morgan fingerprint density at radius 3 is 3.00 bits per heavy atom. The summed E-state index contributed by atoms with van der Waals surface area (Å²) in [6, 6.07) is 3.93. The number of hydrogen-bond acceptors (Lipinski definition) is 4. The summed E-state index contributed by atoms with van der Waals surface area (Å²) in [5.74, 6) is 0. The highest BCUT2D eigenvalue weighted by Gasteiger charge is 2.23. The summed E-state index contributed by atoms with van der Waals surface area (Å²) in [6.07, 6.45) is 8.65. The zero-order valence-corrected chi connectivity index (χ0v) is 13.4. The van der Waals surface area contributed by atoms with Gasteiger partial charge in [0.15, 0.2) is 0 Å². The SMILES string of the molecule is CO[n+]1cccc(-c2cn(C(=O)N(C)C3CCOCC3)cn2)c1. The number of amides is 1. The molecule has 1 saturated heterocycles. The van der Waals surface area contributed by atoms with Crippen LogP contribution >= 0.6 is 0 Å². The maximum Gasteiger partial charge on any atom is 0.329 e. The largest absolute Gasteiger partial charge is 0.381 e. The lowest BCUT2D eigenvalue weighted by Gasteiger charge is -2.30. The van der Waals surface area contributed by atoms with E-state index in [1.165, 1.54) is 4.57 Å². The first-order chi connectivity index (χ1) is 11.2. The molecule has 0 aliphatic carbocycles. The third-order valence-electron chi connectivity index (χ3n) is 4.13. The van der Waals surface area contributed by atoms with Crippen LogP contribution in [0.15, 0.2) is 37.1 Å². The van der Waals surface area contributed by atoms with Gasteiger partial charge < -0.3 is 9.64 Å². The van der Waals surface area contributed by atoms with Crippen LogP contribution in [0, 0.1) is 0 Å². The van der Waals surface area contributed by atoms with E-state index in [2.05, 4.69) is 4.98 Å². The molecule has 1 amide bonds. The van der Waals surface area contributed by atoms with Gasteiger partial charge in [-0.15, -0.1) is 0 Å². The van der Waals surface area contributed by atoms with Gasteiger partial charge in [0, 0.05) is 43.3 Å². The molecule has 0 bridgehead atoms. The number of pyridine rings is 1. The van der Waals surface area contributed by atoms with Crippen LogP contribution in [0.3, 0.4) is 0 Å². The molecule has 0 aromatic carbocycles. The van der Waals surface area contributed by atoms with Crippen molar-refractivity contribution in [2.75, 3.05) is 27.4 Å². The number of nitrogens with zero attached hydrogens (tertiary/aromatic N) is 4. The summed E-state index contributed by atoms with van der Waals surface area (Å²) in [4.78, 5) is 23.8. The third kappa shape index (κ3) is 3.34. The van der Waals surface area contributed by atoms with Crippen molar-refractivity contribution < 1.29 is 19.1 Å². The van der Waals surface area contributed by atoms with E-state index >= 15 is 0 Å². The number of aromatic nitrogens is 3. The lowest BCUT2D eigenvalue weighted by Crippen LogP contribution is -2.42. The van der Waals surface area contributed by atoms with Gasteiger partial charge in [-0.1, -0.05) is 0 Å². The summed E-state index contributed by atoms with van der Waals surface area (Å²) in [5.41, 5.74) is 1.61. The molecule has 0 unspecified atom stereocenters. The Hall–Kier alpha value is -2.41. The van der Waals surface area contributed by atoms with Gasteiger partial charge in [-0.05, 0) is 18.9 Å². The van der Waals surface area contributed by atoms with Crippen LogP contribution in [0.4, 0.5) is 4.79 Å². The molecule has 1 aliphatic heterocycles. The average Bonchev–Trinajstić information content (AvgIpc) is 3.11. The van der Waals surface area contributed by atoms with E-state index in [9.17, 15) is 4.79 Å². The molecule has 0 saturated carbocycles. The van der Waals surface area contributed by atoms with Crippen molar-refractivity contribution in [2.45, 2.75) is 18.9 Å². The summed E-state index contributed by atoms with van der Waals surface area (Å²) in [6.45, 7) is 1.41.